The van der Waals surface area contributed by atoms with Gasteiger partial charge in [0.1, 0.15) is 55.5 Å². The van der Waals surface area contributed by atoms with E-state index in [9.17, 15) is 32.3 Å². The highest BCUT2D eigenvalue weighted by Crippen LogP contribution is 2.38. The molecule has 446 valence electrons. The SMILES string of the molecule is CC(=O)Cc1cc(Oc2cnc3nc(Nc4cc(C)cn(CCCN5CCOCC5)c4=O)n(C)c3c2Cl)ccn1.CNc1c(N)ncc(Oc2ccnc(CC(C)=O)c2)c1Cl.N#CSc1cc(C(F)(F)F)cn(CCCN2CCOCC2)c1=O. The fourth-order valence-corrected chi connectivity index (χ4v) is 9.94. The molecule has 9 heterocycles. The molecule has 0 amide bonds. The third-order valence-electron chi connectivity index (χ3n) is 12.9. The number of halogens is 5. The molecular formula is C56H63Cl2F3N14O8S. The highest BCUT2D eigenvalue weighted by molar-refractivity contribution is 8.03. The van der Waals surface area contributed by atoms with Gasteiger partial charge in [0.2, 0.25) is 5.95 Å². The second-order valence-corrected chi connectivity index (χ2v) is 21.0. The largest absolute Gasteiger partial charge is 0.454 e. The third-order valence-corrected chi connectivity index (χ3v) is 14.3. The lowest BCUT2D eigenvalue weighted by Crippen LogP contribution is -2.37. The van der Waals surface area contributed by atoms with Crippen LogP contribution >= 0.6 is 35.0 Å². The number of fused-ring (bicyclic) bond motifs is 1. The van der Waals surface area contributed by atoms with Crippen LogP contribution in [0.3, 0.4) is 0 Å². The molecule has 0 atom stereocenters. The van der Waals surface area contributed by atoms with Crippen LogP contribution in [0.4, 0.5) is 36.3 Å². The molecule has 9 rings (SSSR count). The molecule has 7 aromatic rings. The van der Waals surface area contributed by atoms with Gasteiger partial charge >= 0.3 is 6.18 Å². The lowest BCUT2D eigenvalue weighted by molar-refractivity contribution is -0.138. The van der Waals surface area contributed by atoms with Crippen LogP contribution in [0, 0.1) is 17.6 Å². The molecule has 2 aliphatic heterocycles. The minimum Gasteiger partial charge on any atom is -0.454 e. The Bertz CT molecular complexity index is 3610. The summed E-state index contributed by atoms with van der Waals surface area (Å²) in [6.45, 7) is 13.6. The molecule has 7 aromatic heterocycles. The Hall–Kier alpha value is -7.64. The van der Waals surface area contributed by atoms with Crippen LogP contribution < -0.4 is 37.0 Å². The predicted molar refractivity (Wildman–Crippen MR) is 314 cm³/mol. The standard InChI is InChI=1S/C28H32ClN7O4.C14H15ClN4O2.C14H16F3N3O2S/c1-18-13-22(27(38)36(17-18)8-4-7-35-9-11-39-12-10-35)32-28-33-26-25(34(28)3)24(29)23(16-31-26)40-21-5-6-30-20(15-21)14-19(2)37;1-8(20)5-9-6-10(3-4-18-9)21-11-7-19-14(16)13(17-2)12(11)15;15-14(16,17)11-8-12(23-10-18)13(21)20(9-11)3-1-2-19-4-6-22-7-5-19/h5-6,13,15-17H,4,7-12,14H2,1-3H3,(H,31,32,33);3-4,6-7,17H,5H2,1-2H3,(H2,16,19);8-9H,1-7H2. The number of aryl methyl sites for hydroxylation is 4. The summed E-state index contributed by atoms with van der Waals surface area (Å²) in [6, 6.07) is 9.29. The Balaban J connectivity index is 0.000000196. The van der Waals surface area contributed by atoms with E-state index in [4.69, 9.17) is 53.1 Å². The normalized spacial score (nSPS) is 13.7. The van der Waals surface area contributed by atoms with Gasteiger partial charge in [-0.1, -0.05) is 23.2 Å². The number of ketones is 2. The maximum absolute atomic E-state index is 13.3. The zero-order chi connectivity index (χ0) is 60.5. The second kappa shape index (κ2) is 30.3. The third kappa shape index (κ3) is 17.9. The van der Waals surface area contributed by atoms with Gasteiger partial charge in [-0.2, -0.15) is 23.4 Å². The molecule has 84 heavy (non-hydrogen) atoms. The van der Waals surface area contributed by atoms with E-state index < -0.39 is 17.3 Å². The van der Waals surface area contributed by atoms with Crippen LogP contribution in [0.5, 0.6) is 23.0 Å². The number of carbonyl (C=O) groups excluding carboxylic acids is 2. The number of carbonyl (C=O) groups is 2. The molecule has 2 fully saturated rings. The number of hydrogen-bond acceptors (Lipinski definition) is 20. The average molecular weight is 1220 g/mol. The van der Waals surface area contributed by atoms with Crippen LogP contribution in [0.25, 0.3) is 11.2 Å². The number of Topliss-reactive ketones (excluding diaryl/α,β-unsaturated/α-hetero) is 2. The molecule has 4 N–H and O–H groups in total. The minimum atomic E-state index is -4.55. The summed E-state index contributed by atoms with van der Waals surface area (Å²) in [4.78, 5) is 73.6. The number of nitrogens with one attached hydrogen (secondary N) is 2. The maximum Gasteiger partial charge on any atom is 0.417 e. The summed E-state index contributed by atoms with van der Waals surface area (Å²) in [6.07, 6.45) is 6.15. The van der Waals surface area contributed by atoms with E-state index in [1.807, 2.05) is 19.2 Å². The van der Waals surface area contributed by atoms with E-state index in [2.05, 4.69) is 45.4 Å². The van der Waals surface area contributed by atoms with Crippen molar-refractivity contribution < 1.29 is 41.7 Å². The van der Waals surface area contributed by atoms with E-state index >= 15 is 0 Å². The first-order valence-electron chi connectivity index (χ1n) is 26.5. The molecule has 0 aliphatic carbocycles. The van der Waals surface area contributed by atoms with Gasteiger partial charge < -0.3 is 49.0 Å². The predicted octanol–water partition coefficient (Wildman–Crippen LogP) is 8.72. The first kappa shape index (κ1) is 63.9. The number of pyridine rings is 6. The van der Waals surface area contributed by atoms with Crippen molar-refractivity contribution in [3.05, 3.63) is 127 Å². The topological polar surface area (TPSA) is 265 Å². The van der Waals surface area contributed by atoms with Crippen molar-refractivity contribution in [3.63, 3.8) is 0 Å². The summed E-state index contributed by atoms with van der Waals surface area (Å²) >= 11 is 13.4. The summed E-state index contributed by atoms with van der Waals surface area (Å²) in [5, 5.41) is 17.0. The first-order valence-corrected chi connectivity index (χ1v) is 28.1. The fourth-order valence-electron chi connectivity index (χ4n) is 8.88. The molecule has 0 unspecified atom stereocenters. The molecule has 28 heteroatoms. The quantitative estimate of drug-likeness (QED) is 0.0476. The van der Waals surface area contributed by atoms with Gasteiger partial charge in [0.15, 0.2) is 17.1 Å². The van der Waals surface area contributed by atoms with Crippen LogP contribution in [-0.2, 0) is 58.2 Å². The summed E-state index contributed by atoms with van der Waals surface area (Å²) in [7, 11) is 3.49. The molecule has 22 nitrogen and oxygen atoms in total. The van der Waals surface area contributed by atoms with Gasteiger partial charge in [-0.3, -0.25) is 38.9 Å². The maximum atomic E-state index is 13.3. The summed E-state index contributed by atoms with van der Waals surface area (Å²) < 4.78 is 65.6. The van der Waals surface area contributed by atoms with Crippen molar-refractivity contribution in [2.24, 2.45) is 7.05 Å². The summed E-state index contributed by atoms with van der Waals surface area (Å²) in [5.74, 6) is 2.48. The molecular weight excluding hydrogens is 1160 g/mol. The van der Waals surface area contributed by atoms with Crippen LogP contribution in [0.1, 0.15) is 49.2 Å². The van der Waals surface area contributed by atoms with Crippen molar-refractivity contribution in [3.8, 4) is 28.4 Å². The number of nitrogens with zero attached hydrogens (tertiary/aromatic N) is 11. The van der Waals surface area contributed by atoms with Crippen LogP contribution in [0.15, 0.2) is 88.1 Å². The Morgan fingerprint density at radius 1 is 0.786 bits per heavy atom. The number of rotatable bonds is 20. The Labute approximate surface area is 496 Å². The lowest BCUT2D eigenvalue weighted by Gasteiger charge is -2.26. The van der Waals surface area contributed by atoms with Crippen molar-refractivity contribution in [2.45, 2.75) is 70.6 Å². The number of alkyl halides is 3. The van der Waals surface area contributed by atoms with Crippen molar-refractivity contribution >= 4 is 80.8 Å². The van der Waals surface area contributed by atoms with Gasteiger partial charge in [-0.25, -0.2) is 9.97 Å². The lowest BCUT2D eigenvalue weighted by atomic mass is 10.2. The fraction of sp³-hybridized carbons (Fsp3) is 0.393. The van der Waals surface area contributed by atoms with E-state index in [1.54, 1.807) is 65.3 Å². The van der Waals surface area contributed by atoms with E-state index in [1.165, 1.54) is 26.2 Å². The zero-order valence-electron chi connectivity index (χ0n) is 46.8. The number of morpholine rings is 2. The van der Waals surface area contributed by atoms with E-state index in [0.29, 0.717) is 123 Å². The van der Waals surface area contributed by atoms with Gasteiger partial charge in [-0.15, -0.1) is 0 Å². The van der Waals surface area contributed by atoms with Gasteiger partial charge in [0.25, 0.3) is 11.1 Å². The molecule has 0 saturated carbocycles. The molecule has 0 radical (unpaired) electrons. The van der Waals surface area contributed by atoms with Gasteiger partial charge in [0.05, 0.1) is 66.4 Å². The average Bonchev–Trinajstić information content (AvgIpc) is 3.91. The number of nitriles is 1. The molecule has 2 aliphatic rings. The number of thiocyanates is 1. The zero-order valence-corrected chi connectivity index (χ0v) is 49.1. The molecule has 2 saturated heterocycles. The highest BCUT2D eigenvalue weighted by Gasteiger charge is 2.32. The molecule has 0 bridgehead atoms. The van der Waals surface area contributed by atoms with Crippen molar-refractivity contribution in [1.82, 2.24) is 48.4 Å². The van der Waals surface area contributed by atoms with E-state index in [0.717, 1.165) is 74.8 Å². The van der Waals surface area contributed by atoms with Crippen molar-refractivity contribution in [2.75, 3.05) is 89.1 Å². The molecule has 0 spiro atoms. The van der Waals surface area contributed by atoms with Gasteiger partial charge in [-0.05, 0) is 75.2 Å². The number of anilines is 4. The van der Waals surface area contributed by atoms with Crippen LogP contribution in [0.2, 0.25) is 10.0 Å². The number of aromatic nitrogens is 8. The Kier molecular flexibility index (Phi) is 23.0. The molecule has 0 aromatic carbocycles. The first-order chi connectivity index (χ1) is 40.2. The number of hydrogen-bond donors (Lipinski definition) is 3. The minimum absolute atomic E-state index is 0.00837. The second-order valence-electron chi connectivity index (χ2n) is 19.4. The smallest absolute Gasteiger partial charge is 0.417 e. The number of imidazole rings is 1. The Morgan fingerprint density at radius 3 is 1.85 bits per heavy atom. The number of nitrogen functional groups attached to an aromatic ring is 1. The Morgan fingerprint density at radius 2 is 1.32 bits per heavy atom. The monoisotopic (exact) mass is 1220 g/mol. The van der Waals surface area contributed by atoms with E-state index in [-0.39, 0.29) is 41.4 Å². The summed E-state index contributed by atoms with van der Waals surface area (Å²) in [5.41, 5.74) is 8.20. The van der Waals surface area contributed by atoms with Crippen LogP contribution in [-0.4, -0.2) is 133 Å². The number of thioether (sulfide) groups is 1. The number of ether oxygens (including phenoxy) is 4. The van der Waals surface area contributed by atoms with Crippen molar-refractivity contribution in [1.29, 1.82) is 5.26 Å². The highest BCUT2D eigenvalue weighted by atomic mass is 35.5. The van der Waals surface area contributed by atoms with Gasteiger partial charge in [0, 0.05) is 116 Å². The number of nitrogens with two attached hydrogens (primary N) is 1.